The monoisotopic (exact) mass is 288 g/mol. The van der Waals surface area contributed by atoms with E-state index < -0.39 is 0 Å². The summed E-state index contributed by atoms with van der Waals surface area (Å²) < 4.78 is 1.09. The largest absolute Gasteiger partial charge is 0.388 e. The lowest BCUT2D eigenvalue weighted by molar-refractivity contribution is 0.180. The van der Waals surface area contributed by atoms with Gasteiger partial charge in [-0.05, 0) is 49.8 Å². The van der Waals surface area contributed by atoms with Crippen LogP contribution in [0.1, 0.15) is 16.5 Å². The Balaban J connectivity index is 2.09. The van der Waals surface area contributed by atoms with Crippen LogP contribution in [-0.2, 0) is 6.42 Å². The summed E-state index contributed by atoms with van der Waals surface area (Å²) in [5.41, 5.74) is 1.01. The molecule has 0 aliphatic carbocycles. The maximum absolute atomic E-state index is 9.90. The molecule has 0 saturated carbocycles. The van der Waals surface area contributed by atoms with E-state index in [-0.39, 0.29) is 6.10 Å². The Morgan fingerprint density at radius 3 is 2.79 bits per heavy atom. The van der Waals surface area contributed by atoms with Crippen LogP contribution in [0.2, 0.25) is 0 Å². The summed E-state index contributed by atoms with van der Waals surface area (Å²) in [6.45, 7) is 0. The summed E-state index contributed by atoms with van der Waals surface area (Å²) in [4.78, 5) is 1.20. The number of hydrogen-bond donors (Lipinski definition) is 1. The van der Waals surface area contributed by atoms with Gasteiger partial charge in [0.15, 0.2) is 0 Å². The quantitative estimate of drug-likeness (QED) is 0.910. The van der Waals surface area contributed by atoms with Crippen molar-refractivity contribution in [2.45, 2.75) is 12.5 Å². The average Bonchev–Trinajstić information content (AvgIpc) is 2.77. The number of hydrogen-bond acceptors (Lipinski definition) is 3. The summed E-state index contributed by atoms with van der Waals surface area (Å²) in [5.74, 6) is 0. The van der Waals surface area contributed by atoms with Gasteiger partial charge in [-0.1, -0.05) is 0 Å². The molecule has 1 N–H and O–H groups in total. The van der Waals surface area contributed by atoms with Crippen molar-refractivity contribution >= 4 is 38.6 Å². The normalized spacial score (nSPS) is 13.0. The minimum absolute atomic E-state index is 0.379. The molecule has 0 aliphatic rings. The lowest BCUT2D eigenvalue weighted by atomic mass is 10.1. The summed E-state index contributed by atoms with van der Waals surface area (Å²) in [6.07, 6.45) is 0.311. The van der Waals surface area contributed by atoms with Crippen molar-refractivity contribution in [3.8, 4) is 0 Å². The van der Waals surface area contributed by atoms with Crippen LogP contribution in [0.25, 0.3) is 0 Å². The number of aliphatic hydroxyl groups is 1. The van der Waals surface area contributed by atoms with Crippen LogP contribution in [0.15, 0.2) is 32.7 Å². The molecule has 0 spiro atoms. The molecule has 4 heteroatoms. The third-order valence-corrected chi connectivity index (χ3v) is 4.65. The summed E-state index contributed by atoms with van der Waals surface area (Å²) >= 11 is 6.75. The van der Waals surface area contributed by atoms with Crippen molar-refractivity contribution in [1.29, 1.82) is 0 Å². The molecule has 0 aromatic carbocycles. The highest BCUT2D eigenvalue weighted by molar-refractivity contribution is 9.10. The third kappa shape index (κ3) is 2.25. The Kier molecular flexibility index (Phi) is 3.38. The summed E-state index contributed by atoms with van der Waals surface area (Å²) in [7, 11) is 0. The van der Waals surface area contributed by atoms with E-state index in [1.165, 1.54) is 4.88 Å². The lowest BCUT2D eigenvalue weighted by Gasteiger charge is -2.07. The third-order valence-electron chi connectivity index (χ3n) is 2.00. The zero-order valence-corrected chi connectivity index (χ0v) is 10.5. The Labute approximate surface area is 99.2 Å². The maximum atomic E-state index is 9.90. The summed E-state index contributed by atoms with van der Waals surface area (Å²) in [5, 5.41) is 15.9. The van der Waals surface area contributed by atoms with E-state index >= 15 is 0 Å². The van der Waals surface area contributed by atoms with E-state index in [0.29, 0.717) is 6.42 Å². The molecule has 1 nitrogen and oxygen atoms in total. The van der Waals surface area contributed by atoms with Crippen molar-refractivity contribution in [2.24, 2.45) is 0 Å². The van der Waals surface area contributed by atoms with Gasteiger partial charge in [0.05, 0.1) is 6.10 Å². The van der Waals surface area contributed by atoms with E-state index in [2.05, 4.69) is 15.9 Å². The fraction of sp³-hybridized carbons (Fsp3) is 0.200. The van der Waals surface area contributed by atoms with E-state index in [4.69, 9.17) is 0 Å². The van der Waals surface area contributed by atoms with Gasteiger partial charge >= 0.3 is 0 Å². The number of aliphatic hydroxyl groups excluding tert-OH is 1. The smallest absolute Gasteiger partial charge is 0.0846 e. The van der Waals surface area contributed by atoms with Gasteiger partial charge in [0, 0.05) is 15.8 Å². The van der Waals surface area contributed by atoms with E-state index in [9.17, 15) is 5.11 Å². The SMILES string of the molecule is OC(Cc1sccc1Br)c1ccsc1. The molecule has 0 bridgehead atoms. The molecule has 2 aromatic rings. The van der Waals surface area contributed by atoms with Crippen LogP contribution in [-0.4, -0.2) is 5.11 Å². The molecule has 0 amide bonds. The molecule has 0 radical (unpaired) electrons. The van der Waals surface area contributed by atoms with Crippen molar-refractivity contribution in [1.82, 2.24) is 0 Å². The molecule has 2 rings (SSSR count). The number of rotatable bonds is 3. The standard InChI is InChI=1S/C10H9BrOS2/c11-8-2-4-14-10(8)5-9(12)7-1-3-13-6-7/h1-4,6,9,12H,5H2. The highest BCUT2D eigenvalue weighted by Crippen LogP contribution is 2.28. The second kappa shape index (κ2) is 4.57. The molecular weight excluding hydrogens is 280 g/mol. The molecule has 1 atom stereocenters. The molecule has 1 unspecified atom stereocenters. The van der Waals surface area contributed by atoms with Crippen molar-refractivity contribution in [2.75, 3.05) is 0 Å². The highest BCUT2D eigenvalue weighted by atomic mass is 79.9. The van der Waals surface area contributed by atoms with Crippen LogP contribution in [0.3, 0.4) is 0 Å². The first kappa shape index (κ1) is 10.4. The topological polar surface area (TPSA) is 20.2 Å². The number of halogens is 1. The van der Waals surface area contributed by atoms with Gasteiger partial charge in [-0.15, -0.1) is 11.3 Å². The fourth-order valence-electron chi connectivity index (χ4n) is 1.23. The van der Waals surface area contributed by atoms with Gasteiger partial charge in [-0.2, -0.15) is 11.3 Å². The second-order valence-electron chi connectivity index (χ2n) is 2.97. The summed E-state index contributed by atoms with van der Waals surface area (Å²) in [6, 6.07) is 3.98. The Morgan fingerprint density at radius 2 is 2.21 bits per heavy atom. The molecule has 0 saturated heterocycles. The molecule has 0 aliphatic heterocycles. The predicted octanol–water partition coefficient (Wildman–Crippen LogP) is 3.85. The second-order valence-corrected chi connectivity index (χ2v) is 5.60. The Bertz CT molecular complexity index is 394. The molecular formula is C10H9BrOS2. The fourth-order valence-corrected chi connectivity index (χ4v) is 3.49. The van der Waals surface area contributed by atoms with Crippen molar-refractivity contribution in [3.63, 3.8) is 0 Å². The van der Waals surface area contributed by atoms with Gasteiger partial charge in [0.1, 0.15) is 0 Å². The van der Waals surface area contributed by atoms with Gasteiger partial charge in [-0.25, -0.2) is 0 Å². The minimum atomic E-state index is -0.379. The maximum Gasteiger partial charge on any atom is 0.0846 e. The number of thiophene rings is 2. The van der Waals surface area contributed by atoms with Gasteiger partial charge in [0.25, 0.3) is 0 Å². The first-order chi connectivity index (χ1) is 6.77. The van der Waals surface area contributed by atoms with Gasteiger partial charge in [-0.3, -0.25) is 0 Å². The van der Waals surface area contributed by atoms with Crippen LogP contribution >= 0.6 is 38.6 Å². The zero-order valence-electron chi connectivity index (χ0n) is 7.31. The first-order valence-corrected chi connectivity index (χ1v) is 6.81. The van der Waals surface area contributed by atoms with E-state index in [0.717, 1.165) is 10.0 Å². The van der Waals surface area contributed by atoms with Gasteiger partial charge in [0.2, 0.25) is 0 Å². The first-order valence-electron chi connectivity index (χ1n) is 4.19. The zero-order chi connectivity index (χ0) is 9.97. The lowest BCUT2D eigenvalue weighted by Crippen LogP contribution is -1.98. The van der Waals surface area contributed by atoms with Crippen LogP contribution in [0, 0.1) is 0 Å². The van der Waals surface area contributed by atoms with E-state index in [1.807, 2.05) is 28.3 Å². The van der Waals surface area contributed by atoms with Crippen LogP contribution < -0.4 is 0 Å². The van der Waals surface area contributed by atoms with Gasteiger partial charge < -0.3 is 5.11 Å². The molecule has 74 valence electrons. The molecule has 2 aromatic heterocycles. The van der Waals surface area contributed by atoms with E-state index in [1.54, 1.807) is 22.7 Å². The van der Waals surface area contributed by atoms with Crippen molar-refractivity contribution in [3.05, 3.63) is 43.2 Å². The van der Waals surface area contributed by atoms with Crippen LogP contribution in [0.4, 0.5) is 0 Å². The molecule has 14 heavy (non-hydrogen) atoms. The Morgan fingerprint density at radius 1 is 1.36 bits per heavy atom. The highest BCUT2D eigenvalue weighted by Gasteiger charge is 2.11. The molecule has 0 fully saturated rings. The predicted molar refractivity (Wildman–Crippen MR) is 65.0 cm³/mol. The average molecular weight is 289 g/mol. The Hall–Kier alpha value is -0.160. The van der Waals surface area contributed by atoms with Crippen molar-refractivity contribution < 1.29 is 5.11 Å². The molecule has 2 heterocycles. The minimum Gasteiger partial charge on any atom is -0.388 e. The van der Waals surface area contributed by atoms with Crippen LogP contribution in [0.5, 0.6) is 0 Å².